The Morgan fingerprint density at radius 2 is 2.00 bits per heavy atom. The monoisotopic (exact) mass is 254 g/mol. The van der Waals surface area contributed by atoms with Crippen molar-refractivity contribution in [3.05, 3.63) is 57.3 Å². The number of aliphatic hydroxyl groups excluding tert-OH is 1. The first-order chi connectivity index (χ1) is 8.08. The largest absolute Gasteiger partial charge is 0.388 e. The Labute approximate surface area is 102 Å². The van der Waals surface area contributed by atoms with Crippen LogP contribution >= 0.6 is 11.3 Å². The summed E-state index contributed by atoms with van der Waals surface area (Å²) in [5, 5.41) is 11.9. The highest BCUT2D eigenvalue weighted by atomic mass is 32.1. The van der Waals surface area contributed by atoms with Crippen LogP contribution in [0.15, 0.2) is 29.6 Å². The molecule has 1 N–H and O–H groups in total. The fourth-order valence-electron chi connectivity index (χ4n) is 1.74. The van der Waals surface area contributed by atoms with Crippen molar-refractivity contribution < 1.29 is 13.9 Å². The summed E-state index contributed by atoms with van der Waals surface area (Å²) in [4.78, 5) is 1.04. The Kier molecular flexibility index (Phi) is 3.54. The molecule has 2 rings (SSSR count). The molecule has 4 heteroatoms. The van der Waals surface area contributed by atoms with Crippen LogP contribution in [0.4, 0.5) is 8.78 Å². The van der Waals surface area contributed by atoms with Gasteiger partial charge in [0.05, 0.1) is 6.10 Å². The van der Waals surface area contributed by atoms with E-state index in [9.17, 15) is 13.9 Å². The highest BCUT2D eigenvalue weighted by Gasteiger charge is 2.13. The topological polar surface area (TPSA) is 20.2 Å². The van der Waals surface area contributed by atoms with Crippen LogP contribution in [-0.4, -0.2) is 5.11 Å². The van der Waals surface area contributed by atoms with Crippen LogP contribution in [0.5, 0.6) is 0 Å². The summed E-state index contributed by atoms with van der Waals surface area (Å²) in [5.41, 5.74) is 1.43. The van der Waals surface area contributed by atoms with Crippen LogP contribution in [0, 0.1) is 18.6 Å². The van der Waals surface area contributed by atoms with Crippen molar-refractivity contribution in [1.29, 1.82) is 0 Å². The molecule has 0 aliphatic rings. The van der Waals surface area contributed by atoms with Gasteiger partial charge < -0.3 is 5.11 Å². The molecule has 1 nitrogen and oxygen atoms in total. The number of aryl methyl sites for hydroxylation is 1. The van der Waals surface area contributed by atoms with Crippen molar-refractivity contribution >= 4 is 11.3 Å². The first-order valence-corrected chi connectivity index (χ1v) is 6.12. The van der Waals surface area contributed by atoms with Crippen LogP contribution in [0.2, 0.25) is 0 Å². The summed E-state index contributed by atoms with van der Waals surface area (Å²) in [6.07, 6.45) is -0.388. The van der Waals surface area contributed by atoms with E-state index in [1.807, 2.05) is 18.4 Å². The Morgan fingerprint density at radius 1 is 1.24 bits per heavy atom. The molecule has 17 heavy (non-hydrogen) atoms. The zero-order valence-electron chi connectivity index (χ0n) is 9.28. The van der Waals surface area contributed by atoms with Gasteiger partial charge in [0.2, 0.25) is 0 Å². The molecule has 1 aromatic heterocycles. The average molecular weight is 254 g/mol. The van der Waals surface area contributed by atoms with E-state index in [0.717, 1.165) is 22.6 Å². The van der Waals surface area contributed by atoms with Gasteiger partial charge in [0.25, 0.3) is 0 Å². The van der Waals surface area contributed by atoms with Gasteiger partial charge >= 0.3 is 0 Å². The second kappa shape index (κ2) is 4.94. The van der Waals surface area contributed by atoms with Crippen LogP contribution in [0.25, 0.3) is 0 Å². The molecule has 0 saturated heterocycles. The zero-order chi connectivity index (χ0) is 12.4. The van der Waals surface area contributed by atoms with Gasteiger partial charge in [0.15, 0.2) is 11.6 Å². The van der Waals surface area contributed by atoms with Gasteiger partial charge in [-0.3, -0.25) is 0 Å². The lowest BCUT2D eigenvalue weighted by atomic mass is 10.0. The van der Waals surface area contributed by atoms with Crippen molar-refractivity contribution in [3.8, 4) is 0 Å². The van der Waals surface area contributed by atoms with Crippen molar-refractivity contribution in [2.24, 2.45) is 0 Å². The Balaban J connectivity index is 2.16. The third kappa shape index (κ3) is 2.70. The first-order valence-electron chi connectivity index (χ1n) is 5.24. The van der Waals surface area contributed by atoms with Gasteiger partial charge in [-0.25, -0.2) is 8.78 Å². The van der Waals surface area contributed by atoms with Crippen molar-refractivity contribution in [2.75, 3.05) is 0 Å². The van der Waals surface area contributed by atoms with E-state index in [1.54, 1.807) is 11.3 Å². The van der Waals surface area contributed by atoms with E-state index in [-0.39, 0.29) is 6.42 Å². The molecule has 1 unspecified atom stereocenters. The lowest BCUT2D eigenvalue weighted by Crippen LogP contribution is -2.02. The standard InChI is InChI=1S/C13H12F2OS/c1-8-10(4-5-17-8)13(16)7-9-2-3-11(14)12(15)6-9/h2-6,13,16H,7H2,1H3. The fraction of sp³-hybridized carbons (Fsp3) is 0.231. The second-order valence-corrected chi connectivity index (χ2v) is 5.02. The summed E-state index contributed by atoms with van der Waals surface area (Å²) < 4.78 is 25.7. The van der Waals surface area contributed by atoms with Crippen LogP contribution in [0.1, 0.15) is 22.1 Å². The van der Waals surface area contributed by atoms with E-state index >= 15 is 0 Å². The third-order valence-electron chi connectivity index (χ3n) is 2.67. The summed E-state index contributed by atoms with van der Waals surface area (Å²) in [5.74, 6) is -1.74. The predicted octanol–water partition coefficient (Wildman–Crippen LogP) is 3.61. The Morgan fingerprint density at radius 3 is 2.59 bits per heavy atom. The van der Waals surface area contributed by atoms with E-state index < -0.39 is 17.7 Å². The zero-order valence-corrected chi connectivity index (χ0v) is 10.1. The number of halogens is 2. The maximum absolute atomic E-state index is 13.0. The normalized spacial score (nSPS) is 12.7. The highest BCUT2D eigenvalue weighted by Crippen LogP contribution is 2.25. The minimum absolute atomic E-state index is 0.286. The van der Waals surface area contributed by atoms with E-state index in [1.165, 1.54) is 6.07 Å². The molecule has 0 aliphatic carbocycles. The van der Waals surface area contributed by atoms with Crippen LogP contribution in [0.3, 0.4) is 0 Å². The molecule has 0 fully saturated rings. The SMILES string of the molecule is Cc1sccc1C(O)Cc1ccc(F)c(F)c1. The molecule has 0 aliphatic heterocycles. The lowest BCUT2D eigenvalue weighted by molar-refractivity contribution is 0.178. The molecule has 0 radical (unpaired) electrons. The number of aliphatic hydroxyl groups is 1. The molecular weight excluding hydrogens is 242 g/mol. The second-order valence-electron chi connectivity index (χ2n) is 3.90. The number of benzene rings is 1. The van der Waals surface area contributed by atoms with Gasteiger partial charge in [-0.05, 0) is 41.6 Å². The third-order valence-corrected chi connectivity index (χ3v) is 3.53. The molecule has 0 bridgehead atoms. The van der Waals surface area contributed by atoms with Gasteiger partial charge in [0, 0.05) is 11.3 Å². The average Bonchev–Trinajstić information content (AvgIpc) is 2.70. The molecule has 1 atom stereocenters. The summed E-state index contributed by atoms with van der Waals surface area (Å²) >= 11 is 1.55. The van der Waals surface area contributed by atoms with Crippen molar-refractivity contribution in [1.82, 2.24) is 0 Å². The van der Waals surface area contributed by atoms with Crippen molar-refractivity contribution in [2.45, 2.75) is 19.4 Å². The predicted molar refractivity (Wildman–Crippen MR) is 64.1 cm³/mol. The molecular formula is C13H12F2OS. The Hall–Kier alpha value is -1.26. The van der Waals surface area contributed by atoms with Gasteiger partial charge in [0.1, 0.15) is 0 Å². The summed E-state index contributed by atoms with van der Waals surface area (Å²) in [7, 11) is 0. The number of hydrogen-bond donors (Lipinski definition) is 1. The maximum atomic E-state index is 13.0. The molecule has 90 valence electrons. The van der Waals surface area contributed by atoms with E-state index in [0.29, 0.717) is 5.56 Å². The minimum atomic E-state index is -0.878. The van der Waals surface area contributed by atoms with Gasteiger partial charge in [-0.1, -0.05) is 6.07 Å². The minimum Gasteiger partial charge on any atom is -0.388 e. The quantitative estimate of drug-likeness (QED) is 0.887. The lowest BCUT2D eigenvalue weighted by Gasteiger charge is -2.10. The van der Waals surface area contributed by atoms with Crippen LogP contribution < -0.4 is 0 Å². The summed E-state index contributed by atoms with van der Waals surface area (Å²) in [6, 6.07) is 5.55. The molecule has 0 saturated carbocycles. The fourth-order valence-corrected chi connectivity index (χ4v) is 2.50. The molecule has 2 aromatic rings. The first kappa shape index (κ1) is 12.2. The number of thiophene rings is 1. The number of rotatable bonds is 3. The van der Waals surface area contributed by atoms with Crippen molar-refractivity contribution in [3.63, 3.8) is 0 Å². The highest BCUT2D eigenvalue weighted by molar-refractivity contribution is 7.10. The number of hydrogen-bond acceptors (Lipinski definition) is 2. The van der Waals surface area contributed by atoms with Gasteiger partial charge in [-0.2, -0.15) is 0 Å². The van der Waals surface area contributed by atoms with Crippen LogP contribution in [-0.2, 0) is 6.42 Å². The summed E-state index contributed by atoms with van der Waals surface area (Å²) in [6.45, 7) is 1.93. The smallest absolute Gasteiger partial charge is 0.159 e. The maximum Gasteiger partial charge on any atom is 0.159 e. The molecule has 0 spiro atoms. The molecule has 1 aromatic carbocycles. The molecule has 1 heterocycles. The van der Waals surface area contributed by atoms with Gasteiger partial charge in [-0.15, -0.1) is 11.3 Å². The molecule has 0 amide bonds. The Bertz CT molecular complexity index is 522. The van der Waals surface area contributed by atoms with E-state index in [4.69, 9.17) is 0 Å². The van der Waals surface area contributed by atoms with E-state index in [2.05, 4.69) is 0 Å².